The van der Waals surface area contributed by atoms with Crippen LogP contribution in [0.3, 0.4) is 0 Å². The molecule has 1 heterocycles. The van der Waals surface area contributed by atoms with Crippen LogP contribution in [0.4, 0.5) is 10.1 Å². The summed E-state index contributed by atoms with van der Waals surface area (Å²) in [4.78, 5) is 1.98. The van der Waals surface area contributed by atoms with Crippen LogP contribution >= 0.6 is 0 Å². The lowest BCUT2D eigenvalue weighted by atomic mass is 10.1. The van der Waals surface area contributed by atoms with Crippen molar-refractivity contribution < 1.29 is 9.13 Å². The molecule has 2 atom stereocenters. The topological polar surface area (TPSA) is 24.5 Å². The van der Waals surface area contributed by atoms with Crippen molar-refractivity contribution in [1.82, 2.24) is 5.32 Å². The number of rotatable bonds is 4. The van der Waals surface area contributed by atoms with Crippen molar-refractivity contribution in [3.63, 3.8) is 0 Å². The average molecular weight is 252 g/mol. The van der Waals surface area contributed by atoms with Gasteiger partial charge >= 0.3 is 0 Å². The first kappa shape index (κ1) is 13.3. The zero-order valence-electron chi connectivity index (χ0n) is 11.2. The van der Waals surface area contributed by atoms with E-state index in [1.54, 1.807) is 6.07 Å². The highest BCUT2D eigenvalue weighted by Gasteiger charge is 2.22. The first-order chi connectivity index (χ1) is 8.63. The van der Waals surface area contributed by atoms with E-state index in [4.69, 9.17) is 4.74 Å². The van der Waals surface area contributed by atoms with E-state index in [1.807, 2.05) is 38.1 Å². The molecule has 0 radical (unpaired) electrons. The lowest BCUT2D eigenvalue weighted by Crippen LogP contribution is -2.32. The van der Waals surface area contributed by atoms with E-state index in [-0.39, 0.29) is 17.9 Å². The van der Waals surface area contributed by atoms with Gasteiger partial charge in [0.05, 0.1) is 18.3 Å². The van der Waals surface area contributed by atoms with Crippen molar-refractivity contribution in [2.45, 2.75) is 25.4 Å². The second-order valence-electron chi connectivity index (χ2n) is 4.85. The number of benzene rings is 1. The number of ether oxygens (including phenoxy) is 1. The Kier molecular flexibility index (Phi) is 4.19. The summed E-state index contributed by atoms with van der Waals surface area (Å²) in [5, 5.41) is 3.11. The summed E-state index contributed by atoms with van der Waals surface area (Å²) in [7, 11) is 3.80. The van der Waals surface area contributed by atoms with E-state index in [0.29, 0.717) is 12.3 Å². The summed E-state index contributed by atoms with van der Waals surface area (Å²) in [6.07, 6.45) is 0.963. The van der Waals surface area contributed by atoms with E-state index >= 15 is 0 Å². The fraction of sp³-hybridized carbons (Fsp3) is 0.571. The fourth-order valence-corrected chi connectivity index (χ4v) is 2.27. The molecule has 1 fully saturated rings. The normalized spacial score (nSPS) is 21.0. The van der Waals surface area contributed by atoms with Gasteiger partial charge in [-0.05, 0) is 38.1 Å². The third-order valence-electron chi connectivity index (χ3n) is 3.74. The van der Waals surface area contributed by atoms with Crippen molar-refractivity contribution in [3.8, 4) is 0 Å². The monoisotopic (exact) mass is 252 g/mol. The average Bonchev–Trinajstić information content (AvgIpc) is 2.90. The van der Waals surface area contributed by atoms with Crippen LogP contribution in [-0.4, -0.2) is 33.4 Å². The molecule has 3 nitrogen and oxygen atoms in total. The summed E-state index contributed by atoms with van der Waals surface area (Å²) >= 11 is 0. The molecule has 2 rings (SSSR count). The van der Waals surface area contributed by atoms with Gasteiger partial charge in [-0.2, -0.15) is 0 Å². The molecule has 1 saturated heterocycles. The molecule has 0 saturated carbocycles. The van der Waals surface area contributed by atoms with Crippen LogP contribution in [0.5, 0.6) is 0 Å². The highest BCUT2D eigenvalue weighted by Crippen LogP contribution is 2.26. The van der Waals surface area contributed by atoms with Crippen LogP contribution in [-0.2, 0) is 4.74 Å². The molecule has 4 heteroatoms. The summed E-state index contributed by atoms with van der Waals surface area (Å²) in [6.45, 7) is 3.47. The third kappa shape index (κ3) is 2.65. The predicted molar refractivity (Wildman–Crippen MR) is 71.5 cm³/mol. The number of likely N-dealkylation sites (N-methyl/N-ethyl adjacent to an activating group) is 1. The van der Waals surface area contributed by atoms with Gasteiger partial charge in [0.2, 0.25) is 0 Å². The predicted octanol–water partition coefficient (Wildman–Crippen LogP) is 2.33. The zero-order valence-corrected chi connectivity index (χ0v) is 11.2. The highest BCUT2D eigenvalue weighted by atomic mass is 19.1. The lowest BCUT2D eigenvalue weighted by Gasteiger charge is -2.26. The van der Waals surface area contributed by atoms with Crippen LogP contribution in [0.25, 0.3) is 0 Å². The molecule has 1 aliphatic rings. The van der Waals surface area contributed by atoms with Gasteiger partial charge in [-0.3, -0.25) is 0 Å². The minimum Gasteiger partial charge on any atom is -0.379 e. The minimum absolute atomic E-state index is 0.161. The smallest absolute Gasteiger partial charge is 0.146 e. The van der Waals surface area contributed by atoms with Gasteiger partial charge in [0.1, 0.15) is 5.82 Å². The Morgan fingerprint density at radius 2 is 2.28 bits per heavy atom. The number of anilines is 1. The molecule has 0 aromatic heterocycles. The van der Waals surface area contributed by atoms with E-state index in [1.165, 1.54) is 0 Å². The Balaban J connectivity index is 2.18. The fourth-order valence-electron chi connectivity index (χ4n) is 2.27. The van der Waals surface area contributed by atoms with Gasteiger partial charge in [-0.1, -0.05) is 6.07 Å². The number of hydrogen-bond acceptors (Lipinski definition) is 3. The van der Waals surface area contributed by atoms with E-state index in [9.17, 15) is 4.39 Å². The van der Waals surface area contributed by atoms with Crippen LogP contribution in [0.1, 0.15) is 24.9 Å². The number of halogens is 1. The first-order valence-electron chi connectivity index (χ1n) is 6.40. The Labute approximate surface area is 108 Å². The van der Waals surface area contributed by atoms with E-state index in [2.05, 4.69) is 5.32 Å². The molecular weight excluding hydrogens is 231 g/mol. The second-order valence-corrected chi connectivity index (χ2v) is 4.85. The van der Waals surface area contributed by atoms with Crippen molar-refractivity contribution in [1.29, 1.82) is 0 Å². The van der Waals surface area contributed by atoms with Gasteiger partial charge in [-0.15, -0.1) is 0 Å². The molecule has 0 spiro atoms. The molecule has 100 valence electrons. The number of nitrogens with zero attached hydrogens (tertiary/aromatic N) is 1. The Morgan fingerprint density at radius 1 is 1.50 bits per heavy atom. The van der Waals surface area contributed by atoms with Gasteiger partial charge < -0.3 is 15.0 Å². The van der Waals surface area contributed by atoms with Crippen molar-refractivity contribution >= 4 is 5.69 Å². The van der Waals surface area contributed by atoms with Gasteiger partial charge in [0, 0.05) is 19.7 Å². The van der Waals surface area contributed by atoms with Crippen LogP contribution in [0.2, 0.25) is 0 Å². The van der Waals surface area contributed by atoms with Crippen molar-refractivity contribution in [3.05, 3.63) is 29.6 Å². The van der Waals surface area contributed by atoms with Crippen LogP contribution < -0.4 is 10.2 Å². The molecule has 1 aromatic rings. The maximum absolute atomic E-state index is 14.1. The summed E-state index contributed by atoms with van der Waals surface area (Å²) in [5.74, 6) is -0.163. The first-order valence-corrected chi connectivity index (χ1v) is 6.40. The van der Waals surface area contributed by atoms with Gasteiger partial charge in [0.15, 0.2) is 0 Å². The Hall–Kier alpha value is -1.13. The maximum atomic E-state index is 14.1. The molecular formula is C14H21FN2O. The summed E-state index contributed by atoms with van der Waals surface area (Å²) < 4.78 is 19.5. The Morgan fingerprint density at radius 3 is 2.83 bits per heavy atom. The summed E-state index contributed by atoms with van der Waals surface area (Å²) in [6, 6.07) is 5.90. The maximum Gasteiger partial charge on any atom is 0.146 e. The lowest BCUT2D eigenvalue weighted by molar-refractivity contribution is 0.193. The van der Waals surface area contributed by atoms with Crippen molar-refractivity contribution in [2.24, 2.45) is 0 Å². The minimum atomic E-state index is -0.163. The molecule has 1 N–H and O–H groups in total. The quantitative estimate of drug-likeness (QED) is 0.890. The molecule has 2 unspecified atom stereocenters. The SMILES string of the molecule is CNC(C)c1ccc(N(C)C2CCOC2)c(F)c1. The van der Waals surface area contributed by atoms with Crippen LogP contribution in [0.15, 0.2) is 18.2 Å². The molecule has 0 aliphatic carbocycles. The highest BCUT2D eigenvalue weighted by molar-refractivity contribution is 5.50. The number of hydrogen-bond donors (Lipinski definition) is 1. The standard InChI is InChI=1S/C14H21FN2O/c1-10(16-2)11-4-5-14(13(15)8-11)17(3)12-6-7-18-9-12/h4-5,8,10,12,16H,6-7,9H2,1-3H3. The zero-order chi connectivity index (χ0) is 13.1. The largest absolute Gasteiger partial charge is 0.379 e. The summed E-state index contributed by atoms with van der Waals surface area (Å²) in [5.41, 5.74) is 1.62. The van der Waals surface area contributed by atoms with E-state index < -0.39 is 0 Å². The third-order valence-corrected chi connectivity index (χ3v) is 3.74. The molecule has 0 bridgehead atoms. The molecule has 0 amide bonds. The van der Waals surface area contributed by atoms with Crippen LogP contribution in [0, 0.1) is 5.82 Å². The Bertz CT molecular complexity index is 405. The number of nitrogens with one attached hydrogen (secondary N) is 1. The van der Waals surface area contributed by atoms with Crippen molar-refractivity contribution in [2.75, 3.05) is 32.2 Å². The second kappa shape index (κ2) is 5.67. The van der Waals surface area contributed by atoms with E-state index in [0.717, 1.165) is 18.6 Å². The van der Waals surface area contributed by atoms with Gasteiger partial charge in [0.25, 0.3) is 0 Å². The molecule has 1 aromatic carbocycles. The molecule has 18 heavy (non-hydrogen) atoms. The molecule has 1 aliphatic heterocycles. The van der Waals surface area contributed by atoms with Gasteiger partial charge in [-0.25, -0.2) is 4.39 Å².